The van der Waals surface area contributed by atoms with E-state index in [0.717, 1.165) is 5.52 Å². The van der Waals surface area contributed by atoms with Crippen molar-refractivity contribution in [3.8, 4) is 33.4 Å². The number of aromatic amines is 1. The quantitative estimate of drug-likeness (QED) is 0.154. The maximum Gasteiger partial charge on any atom is 0.0551 e. The lowest BCUT2D eigenvalue weighted by Crippen LogP contribution is -1.91. The first-order valence-electron chi connectivity index (χ1n) is 16.3. The maximum atomic E-state index is 3.81. The van der Waals surface area contributed by atoms with E-state index in [1.807, 2.05) is 0 Å². The Hall–Kier alpha value is -6.18. The van der Waals surface area contributed by atoms with Crippen LogP contribution in [0.2, 0.25) is 0 Å². The number of nitrogens with one attached hydrogen (secondary N) is 1. The van der Waals surface area contributed by atoms with Gasteiger partial charge >= 0.3 is 0 Å². The lowest BCUT2D eigenvalue weighted by molar-refractivity contribution is 1.56. The minimum Gasteiger partial charge on any atom is -0.354 e. The topological polar surface area (TPSA) is 15.8 Å². The molecular weight excluding hydrogens is 567 g/mol. The van der Waals surface area contributed by atoms with E-state index in [1.54, 1.807) is 0 Å². The number of benzene rings is 9. The van der Waals surface area contributed by atoms with Gasteiger partial charge in [0.15, 0.2) is 0 Å². The Balaban J connectivity index is 1.25. The van der Waals surface area contributed by atoms with Crippen molar-refractivity contribution in [3.05, 3.63) is 170 Å². The van der Waals surface area contributed by atoms with E-state index in [-0.39, 0.29) is 0 Å². The molecule has 0 bridgehead atoms. The Morgan fingerprint density at radius 1 is 0.277 bits per heavy atom. The van der Waals surface area contributed by atoms with E-state index < -0.39 is 0 Å². The molecule has 1 nitrogen and oxygen atoms in total. The predicted octanol–water partition coefficient (Wildman–Crippen LogP) is 12.9. The van der Waals surface area contributed by atoms with Crippen LogP contribution in [0.25, 0.3) is 98.3 Å². The zero-order chi connectivity index (χ0) is 30.9. The number of aromatic nitrogens is 1. The van der Waals surface area contributed by atoms with Crippen molar-refractivity contribution < 1.29 is 0 Å². The van der Waals surface area contributed by atoms with Crippen LogP contribution in [0.1, 0.15) is 0 Å². The second-order valence-electron chi connectivity index (χ2n) is 12.5. The van der Waals surface area contributed by atoms with Gasteiger partial charge in [0.05, 0.1) is 5.52 Å². The summed E-state index contributed by atoms with van der Waals surface area (Å²) in [6.07, 6.45) is 0. The smallest absolute Gasteiger partial charge is 0.0551 e. The molecule has 0 atom stereocenters. The van der Waals surface area contributed by atoms with E-state index in [1.165, 1.54) is 92.8 Å². The molecule has 0 aliphatic heterocycles. The van der Waals surface area contributed by atoms with Gasteiger partial charge in [-0.2, -0.15) is 0 Å². The minimum absolute atomic E-state index is 1.16. The summed E-state index contributed by atoms with van der Waals surface area (Å²) in [5.74, 6) is 0. The third-order valence-corrected chi connectivity index (χ3v) is 9.98. The van der Waals surface area contributed by atoms with Gasteiger partial charge in [-0.05, 0) is 83.2 Å². The monoisotopic (exact) mass is 595 g/mol. The van der Waals surface area contributed by atoms with Gasteiger partial charge in [-0.15, -0.1) is 0 Å². The molecule has 0 aliphatic rings. The number of H-pyrrole nitrogens is 1. The molecule has 0 aliphatic carbocycles. The van der Waals surface area contributed by atoms with Crippen LogP contribution in [0.4, 0.5) is 0 Å². The molecule has 1 heteroatoms. The van der Waals surface area contributed by atoms with Crippen LogP contribution < -0.4 is 0 Å². The Bertz CT molecular complexity index is 2760. The van der Waals surface area contributed by atoms with Crippen molar-refractivity contribution in [2.24, 2.45) is 0 Å². The molecule has 218 valence electrons. The third kappa shape index (κ3) is 3.90. The number of rotatable bonds is 3. The summed E-state index contributed by atoms with van der Waals surface area (Å²) >= 11 is 0. The van der Waals surface area contributed by atoms with Gasteiger partial charge in [-0.3, -0.25) is 0 Å². The normalized spacial score (nSPS) is 11.8. The molecule has 9 aromatic carbocycles. The molecular formula is C46H29N. The fourth-order valence-corrected chi connectivity index (χ4v) is 7.91. The average molecular weight is 596 g/mol. The molecule has 0 saturated heterocycles. The van der Waals surface area contributed by atoms with Gasteiger partial charge in [0.1, 0.15) is 0 Å². The van der Waals surface area contributed by atoms with Crippen LogP contribution in [0.15, 0.2) is 170 Å². The van der Waals surface area contributed by atoms with Gasteiger partial charge in [0, 0.05) is 21.7 Å². The molecule has 0 radical (unpaired) electrons. The van der Waals surface area contributed by atoms with Gasteiger partial charge in [0.25, 0.3) is 0 Å². The highest BCUT2D eigenvalue weighted by Crippen LogP contribution is 2.46. The fraction of sp³-hybridized carbons (Fsp3) is 0. The zero-order valence-electron chi connectivity index (χ0n) is 25.7. The summed E-state index contributed by atoms with van der Waals surface area (Å²) < 4.78 is 0. The molecule has 1 aromatic heterocycles. The van der Waals surface area contributed by atoms with Crippen molar-refractivity contribution in [1.29, 1.82) is 0 Å². The average Bonchev–Trinajstić information content (AvgIpc) is 3.54. The first-order valence-corrected chi connectivity index (χ1v) is 16.3. The van der Waals surface area contributed by atoms with Gasteiger partial charge in [-0.1, -0.05) is 158 Å². The first kappa shape index (κ1) is 26.1. The number of hydrogen-bond donors (Lipinski definition) is 1. The molecule has 10 aromatic rings. The highest BCUT2D eigenvalue weighted by atomic mass is 14.7. The lowest BCUT2D eigenvalue weighted by atomic mass is 9.85. The van der Waals surface area contributed by atoms with Gasteiger partial charge < -0.3 is 4.98 Å². The summed E-state index contributed by atoms with van der Waals surface area (Å²) in [5, 5.41) is 12.7. The van der Waals surface area contributed by atoms with Crippen LogP contribution in [0.3, 0.4) is 0 Å². The predicted molar refractivity (Wildman–Crippen MR) is 202 cm³/mol. The second kappa shape index (κ2) is 10.2. The number of fused-ring (bicyclic) bond motifs is 10. The van der Waals surface area contributed by atoms with Crippen LogP contribution in [-0.4, -0.2) is 4.98 Å². The molecule has 0 unspecified atom stereocenters. The molecule has 0 amide bonds. The lowest BCUT2D eigenvalue weighted by Gasteiger charge is -2.18. The van der Waals surface area contributed by atoms with E-state index in [9.17, 15) is 0 Å². The molecule has 0 fully saturated rings. The summed E-state index contributed by atoms with van der Waals surface area (Å²) in [4.78, 5) is 3.81. The molecule has 1 N–H and O–H groups in total. The van der Waals surface area contributed by atoms with Crippen LogP contribution >= 0.6 is 0 Å². The van der Waals surface area contributed by atoms with Gasteiger partial charge in [-0.25, -0.2) is 0 Å². The Kier molecular flexibility index (Phi) is 5.64. The SMILES string of the molecule is c1ccc(-c2ccc(-c3c4ccccc4c(-c4ccc5[nH]c6c7ccccc7c7ccccc7c6c5c4)c4ccccc34)cc2)cc1. The van der Waals surface area contributed by atoms with Crippen LogP contribution in [-0.2, 0) is 0 Å². The van der Waals surface area contributed by atoms with E-state index in [2.05, 4.69) is 175 Å². The minimum atomic E-state index is 1.16. The maximum absolute atomic E-state index is 3.81. The van der Waals surface area contributed by atoms with Crippen molar-refractivity contribution in [2.75, 3.05) is 0 Å². The van der Waals surface area contributed by atoms with E-state index in [4.69, 9.17) is 0 Å². The fourth-order valence-electron chi connectivity index (χ4n) is 7.91. The van der Waals surface area contributed by atoms with Crippen molar-refractivity contribution in [3.63, 3.8) is 0 Å². The molecule has 10 rings (SSSR count). The highest BCUT2D eigenvalue weighted by Gasteiger charge is 2.19. The van der Waals surface area contributed by atoms with E-state index >= 15 is 0 Å². The Morgan fingerprint density at radius 2 is 0.702 bits per heavy atom. The summed E-state index contributed by atoms with van der Waals surface area (Å²) in [6.45, 7) is 0. The second-order valence-corrected chi connectivity index (χ2v) is 12.5. The molecule has 47 heavy (non-hydrogen) atoms. The van der Waals surface area contributed by atoms with Crippen LogP contribution in [0, 0.1) is 0 Å². The van der Waals surface area contributed by atoms with Crippen LogP contribution in [0.5, 0.6) is 0 Å². The van der Waals surface area contributed by atoms with Crippen molar-refractivity contribution in [2.45, 2.75) is 0 Å². The summed E-state index contributed by atoms with van der Waals surface area (Å²) in [6, 6.07) is 62.1. The van der Waals surface area contributed by atoms with Crippen molar-refractivity contribution in [1.82, 2.24) is 4.98 Å². The Morgan fingerprint density at radius 3 is 1.32 bits per heavy atom. The number of hydrogen-bond acceptors (Lipinski definition) is 0. The largest absolute Gasteiger partial charge is 0.354 e. The summed E-state index contributed by atoms with van der Waals surface area (Å²) in [5.41, 5.74) is 9.85. The Labute approximate surface area is 272 Å². The molecule has 0 spiro atoms. The van der Waals surface area contributed by atoms with Gasteiger partial charge in [0.2, 0.25) is 0 Å². The summed E-state index contributed by atoms with van der Waals surface area (Å²) in [7, 11) is 0. The first-order chi connectivity index (χ1) is 23.3. The zero-order valence-corrected chi connectivity index (χ0v) is 25.7. The van der Waals surface area contributed by atoms with E-state index in [0.29, 0.717) is 0 Å². The third-order valence-electron chi connectivity index (χ3n) is 9.98. The molecule has 1 heterocycles. The van der Waals surface area contributed by atoms with Crippen molar-refractivity contribution >= 4 is 64.9 Å². The molecule has 0 saturated carbocycles. The standard InChI is InChI=1S/C46H29N/c1-2-12-29(13-3-1)30-22-24-31(25-23-30)43-36-17-7-9-19-38(36)44(39-20-10-8-18-37(39)43)32-26-27-42-41(28-32)45-35-16-6-4-14-33(35)34-15-5-11-21-40(34)46(45)47-42/h1-28,47H. The highest BCUT2D eigenvalue weighted by molar-refractivity contribution is 6.32.